The van der Waals surface area contributed by atoms with Crippen molar-refractivity contribution in [3.63, 3.8) is 0 Å². The van der Waals surface area contributed by atoms with E-state index in [9.17, 15) is 18.3 Å². The van der Waals surface area contributed by atoms with Gasteiger partial charge in [0.25, 0.3) is 0 Å². The SMILES string of the molecule is O=C(O)C(CCc1ccccc1)NS(=O)(=O)c1ccc2sc3ccccc3c2c1. The molecule has 1 aromatic heterocycles. The molecule has 0 radical (unpaired) electrons. The largest absolute Gasteiger partial charge is 0.480 e. The van der Waals surface area contributed by atoms with Gasteiger partial charge in [-0.15, -0.1) is 11.3 Å². The van der Waals surface area contributed by atoms with Crippen molar-refractivity contribution in [3.8, 4) is 0 Å². The first-order valence-corrected chi connectivity index (χ1v) is 11.4. The van der Waals surface area contributed by atoms with E-state index < -0.39 is 22.0 Å². The molecule has 5 nitrogen and oxygen atoms in total. The van der Waals surface area contributed by atoms with Crippen molar-refractivity contribution in [1.82, 2.24) is 4.72 Å². The third-order valence-electron chi connectivity index (χ3n) is 4.82. The predicted molar refractivity (Wildman–Crippen MR) is 116 cm³/mol. The average Bonchev–Trinajstić information content (AvgIpc) is 3.09. The Morgan fingerprint density at radius 2 is 1.62 bits per heavy atom. The predicted octanol–water partition coefficient (Wildman–Crippen LogP) is 4.42. The summed E-state index contributed by atoms with van der Waals surface area (Å²) in [7, 11) is -3.97. The molecule has 4 rings (SSSR count). The standard InChI is InChI=1S/C22H19NO4S2/c24-22(25)19(12-10-15-6-2-1-3-7-15)23-29(26,27)16-11-13-21-18(14-16)17-8-4-5-9-20(17)28-21/h1-9,11,13-14,19,23H,10,12H2,(H,24,25). The van der Waals surface area contributed by atoms with Crippen LogP contribution in [0, 0.1) is 0 Å². The zero-order valence-corrected chi connectivity index (χ0v) is 17.0. The number of nitrogens with one attached hydrogen (secondary N) is 1. The Labute approximate surface area is 172 Å². The minimum atomic E-state index is -3.97. The third-order valence-corrected chi connectivity index (χ3v) is 7.44. The van der Waals surface area contributed by atoms with E-state index in [0.717, 1.165) is 25.7 Å². The molecule has 0 amide bonds. The number of benzene rings is 3. The quantitative estimate of drug-likeness (QED) is 0.459. The summed E-state index contributed by atoms with van der Waals surface area (Å²) < 4.78 is 30.2. The normalized spacial score (nSPS) is 13.0. The number of fused-ring (bicyclic) bond motifs is 3. The first-order valence-electron chi connectivity index (χ1n) is 9.14. The molecule has 0 aliphatic rings. The molecule has 7 heteroatoms. The van der Waals surface area contributed by atoms with E-state index in [-0.39, 0.29) is 11.3 Å². The van der Waals surface area contributed by atoms with Crippen molar-refractivity contribution < 1.29 is 18.3 Å². The van der Waals surface area contributed by atoms with Crippen LogP contribution in [0.4, 0.5) is 0 Å². The minimum Gasteiger partial charge on any atom is -0.480 e. The van der Waals surface area contributed by atoms with Gasteiger partial charge in [0.2, 0.25) is 10.0 Å². The summed E-state index contributed by atoms with van der Waals surface area (Å²) in [5.41, 5.74) is 0.962. The molecule has 1 atom stereocenters. The zero-order valence-electron chi connectivity index (χ0n) is 15.4. The Hall–Kier alpha value is -2.74. The van der Waals surface area contributed by atoms with E-state index in [1.54, 1.807) is 23.5 Å². The summed E-state index contributed by atoms with van der Waals surface area (Å²) in [6.45, 7) is 0. The van der Waals surface area contributed by atoms with Gasteiger partial charge in [-0.05, 0) is 42.7 Å². The van der Waals surface area contributed by atoms with E-state index in [0.29, 0.717) is 6.42 Å². The summed E-state index contributed by atoms with van der Waals surface area (Å²) in [5.74, 6) is -1.19. The number of hydrogen-bond donors (Lipinski definition) is 2. The van der Waals surface area contributed by atoms with Gasteiger partial charge in [-0.3, -0.25) is 4.79 Å². The maximum absolute atomic E-state index is 12.9. The number of carboxylic acids is 1. The average molecular weight is 426 g/mol. The second kappa shape index (κ2) is 7.94. The van der Waals surface area contributed by atoms with Crippen molar-refractivity contribution in [3.05, 3.63) is 78.4 Å². The van der Waals surface area contributed by atoms with E-state index >= 15 is 0 Å². The molecular formula is C22H19NO4S2. The molecule has 0 spiro atoms. The molecule has 29 heavy (non-hydrogen) atoms. The number of rotatable bonds is 7. The molecule has 2 N–H and O–H groups in total. The first kappa shape index (κ1) is 19.6. The van der Waals surface area contributed by atoms with Crippen molar-refractivity contribution in [1.29, 1.82) is 0 Å². The summed E-state index contributed by atoms with van der Waals surface area (Å²) in [6, 6.07) is 20.9. The van der Waals surface area contributed by atoms with Crippen LogP contribution < -0.4 is 4.72 Å². The number of carboxylic acid groups (broad SMARTS) is 1. The van der Waals surface area contributed by atoms with E-state index in [2.05, 4.69) is 4.72 Å². The van der Waals surface area contributed by atoms with Gasteiger partial charge in [-0.2, -0.15) is 4.72 Å². The topological polar surface area (TPSA) is 83.5 Å². The van der Waals surface area contributed by atoms with E-state index in [4.69, 9.17) is 0 Å². The second-order valence-corrected chi connectivity index (χ2v) is 9.59. The number of aryl methyl sites for hydroxylation is 1. The van der Waals surface area contributed by atoms with Gasteiger partial charge in [-0.25, -0.2) is 8.42 Å². The summed E-state index contributed by atoms with van der Waals surface area (Å²) in [6.07, 6.45) is 0.636. The molecule has 0 saturated carbocycles. The second-order valence-electron chi connectivity index (χ2n) is 6.79. The molecule has 1 unspecified atom stereocenters. The van der Waals surface area contributed by atoms with Crippen LogP contribution in [0.5, 0.6) is 0 Å². The Kier molecular flexibility index (Phi) is 5.36. The summed E-state index contributed by atoms with van der Waals surface area (Å²) in [4.78, 5) is 11.7. The van der Waals surface area contributed by atoms with Gasteiger partial charge >= 0.3 is 5.97 Å². The smallest absolute Gasteiger partial charge is 0.321 e. The van der Waals surface area contributed by atoms with Crippen molar-refractivity contribution in [2.24, 2.45) is 0 Å². The molecule has 3 aromatic carbocycles. The number of aliphatic carboxylic acids is 1. The third kappa shape index (κ3) is 4.17. The van der Waals surface area contributed by atoms with E-state index in [1.165, 1.54) is 6.07 Å². The first-order chi connectivity index (χ1) is 13.9. The lowest BCUT2D eigenvalue weighted by atomic mass is 10.1. The molecular weight excluding hydrogens is 406 g/mol. The number of sulfonamides is 1. The molecule has 0 aliphatic heterocycles. The lowest BCUT2D eigenvalue weighted by molar-refractivity contribution is -0.139. The van der Waals surface area contributed by atoms with Gasteiger partial charge < -0.3 is 5.11 Å². The van der Waals surface area contributed by atoms with Crippen LogP contribution in [0.2, 0.25) is 0 Å². The maximum atomic E-state index is 12.9. The van der Waals surface area contributed by atoms with Crippen LogP contribution in [-0.4, -0.2) is 25.5 Å². The van der Waals surface area contributed by atoms with Crippen LogP contribution in [0.1, 0.15) is 12.0 Å². The summed E-state index contributed by atoms with van der Waals surface area (Å²) in [5, 5.41) is 11.4. The number of hydrogen-bond acceptors (Lipinski definition) is 4. The Balaban J connectivity index is 1.60. The fourth-order valence-electron chi connectivity index (χ4n) is 3.32. The fraction of sp³-hybridized carbons (Fsp3) is 0.136. The van der Waals surface area contributed by atoms with Crippen LogP contribution in [0.15, 0.2) is 77.7 Å². The van der Waals surface area contributed by atoms with Gasteiger partial charge in [0, 0.05) is 20.2 Å². The Morgan fingerprint density at radius 1 is 0.931 bits per heavy atom. The van der Waals surface area contributed by atoms with Gasteiger partial charge in [0.05, 0.1) is 4.90 Å². The molecule has 0 fully saturated rings. The highest BCUT2D eigenvalue weighted by Gasteiger charge is 2.25. The van der Waals surface area contributed by atoms with E-state index in [1.807, 2.05) is 54.6 Å². The fourth-order valence-corrected chi connectivity index (χ4v) is 5.65. The van der Waals surface area contributed by atoms with Crippen LogP contribution >= 0.6 is 11.3 Å². The molecule has 1 heterocycles. The van der Waals surface area contributed by atoms with Gasteiger partial charge in [0.1, 0.15) is 6.04 Å². The molecule has 4 aromatic rings. The Bertz CT molecular complexity index is 1280. The zero-order chi connectivity index (χ0) is 20.4. The Morgan fingerprint density at radius 3 is 2.38 bits per heavy atom. The van der Waals surface area contributed by atoms with Crippen LogP contribution in [0.25, 0.3) is 20.2 Å². The highest BCUT2D eigenvalue weighted by atomic mass is 32.2. The molecule has 0 saturated heterocycles. The highest BCUT2D eigenvalue weighted by molar-refractivity contribution is 7.89. The minimum absolute atomic E-state index is 0.0690. The highest BCUT2D eigenvalue weighted by Crippen LogP contribution is 2.34. The molecule has 148 valence electrons. The van der Waals surface area contributed by atoms with Gasteiger partial charge in [0.15, 0.2) is 0 Å². The maximum Gasteiger partial charge on any atom is 0.321 e. The number of carbonyl (C=O) groups is 1. The lowest BCUT2D eigenvalue weighted by Gasteiger charge is -2.15. The van der Waals surface area contributed by atoms with Crippen LogP contribution in [-0.2, 0) is 21.2 Å². The van der Waals surface area contributed by atoms with Crippen LogP contribution in [0.3, 0.4) is 0 Å². The van der Waals surface area contributed by atoms with Gasteiger partial charge in [-0.1, -0.05) is 48.5 Å². The lowest BCUT2D eigenvalue weighted by Crippen LogP contribution is -2.41. The van der Waals surface area contributed by atoms with Crippen molar-refractivity contribution >= 4 is 47.5 Å². The monoisotopic (exact) mass is 425 g/mol. The molecule has 0 bridgehead atoms. The number of thiophene rings is 1. The molecule has 0 aliphatic carbocycles. The van der Waals surface area contributed by atoms with Crippen molar-refractivity contribution in [2.75, 3.05) is 0 Å². The van der Waals surface area contributed by atoms with Crippen molar-refractivity contribution in [2.45, 2.75) is 23.8 Å². The summed E-state index contributed by atoms with van der Waals surface area (Å²) >= 11 is 1.60.